The van der Waals surface area contributed by atoms with E-state index in [1.807, 2.05) is 0 Å². The molecule has 1 aromatic rings. The summed E-state index contributed by atoms with van der Waals surface area (Å²) in [5.41, 5.74) is 5.14. The number of anilines is 1. The van der Waals surface area contributed by atoms with Crippen molar-refractivity contribution in [3.63, 3.8) is 0 Å². The summed E-state index contributed by atoms with van der Waals surface area (Å²) in [5.74, 6) is -0.425. The predicted octanol–water partition coefficient (Wildman–Crippen LogP) is -0.143. The number of nitrogen functional groups attached to an aromatic ring is 1. The van der Waals surface area contributed by atoms with Gasteiger partial charge in [-0.05, 0) is 32.9 Å². The highest BCUT2D eigenvalue weighted by Gasteiger charge is 2.21. The molecule has 0 saturated heterocycles. The second-order valence-corrected chi connectivity index (χ2v) is 6.70. The molecule has 0 aliphatic carbocycles. The fraction of sp³-hybridized carbons (Fsp3) is 0.455. The van der Waals surface area contributed by atoms with Gasteiger partial charge in [0.15, 0.2) is 5.03 Å². The molecule has 1 amide bonds. The van der Waals surface area contributed by atoms with Crippen molar-refractivity contribution in [3.05, 3.63) is 18.3 Å². The van der Waals surface area contributed by atoms with Crippen LogP contribution in [0.2, 0.25) is 0 Å². The van der Waals surface area contributed by atoms with Crippen LogP contribution in [0.4, 0.5) is 5.69 Å². The van der Waals surface area contributed by atoms with Gasteiger partial charge in [-0.3, -0.25) is 4.79 Å². The number of aromatic nitrogens is 1. The Bertz CT molecular complexity index is 564. The standard InChI is InChI=1S/C11H18N4O3S/c1-11(2,3)15-9(16)7-14-19(17,18)10-8(12)5-4-6-13-10/h4-6,14H,7,12H2,1-3H3,(H,15,16). The molecule has 0 saturated carbocycles. The van der Waals surface area contributed by atoms with Gasteiger partial charge >= 0.3 is 0 Å². The van der Waals surface area contributed by atoms with E-state index in [9.17, 15) is 13.2 Å². The second kappa shape index (κ2) is 5.54. The smallest absolute Gasteiger partial charge is 0.260 e. The van der Waals surface area contributed by atoms with Crippen LogP contribution in [-0.2, 0) is 14.8 Å². The molecule has 4 N–H and O–H groups in total. The normalized spacial score (nSPS) is 12.2. The molecule has 0 bridgehead atoms. The number of amides is 1. The van der Waals surface area contributed by atoms with Crippen molar-refractivity contribution in [2.24, 2.45) is 0 Å². The van der Waals surface area contributed by atoms with Gasteiger partial charge in [-0.2, -0.15) is 0 Å². The summed E-state index contributed by atoms with van der Waals surface area (Å²) in [6.07, 6.45) is 1.32. The molecule has 0 fully saturated rings. The van der Waals surface area contributed by atoms with E-state index in [0.717, 1.165) is 0 Å². The van der Waals surface area contributed by atoms with E-state index in [2.05, 4.69) is 15.0 Å². The van der Waals surface area contributed by atoms with Crippen molar-refractivity contribution in [1.29, 1.82) is 0 Å². The van der Waals surface area contributed by atoms with Crippen molar-refractivity contribution in [2.45, 2.75) is 31.3 Å². The SMILES string of the molecule is CC(C)(C)NC(=O)CNS(=O)(=O)c1ncccc1N. The van der Waals surface area contributed by atoms with Gasteiger partial charge in [0.25, 0.3) is 10.0 Å². The number of rotatable bonds is 4. The van der Waals surface area contributed by atoms with Crippen molar-refractivity contribution in [1.82, 2.24) is 15.0 Å². The van der Waals surface area contributed by atoms with Crippen LogP contribution >= 0.6 is 0 Å². The lowest BCUT2D eigenvalue weighted by Crippen LogP contribution is -2.45. The Balaban J connectivity index is 2.72. The summed E-state index contributed by atoms with van der Waals surface area (Å²) >= 11 is 0. The Hall–Kier alpha value is -1.67. The molecule has 0 radical (unpaired) electrons. The van der Waals surface area contributed by atoms with E-state index in [1.54, 1.807) is 20.8 Å². The van der Waals surface area contributed by atoms with E-state index < -0.39 is 21.5 Å². The van der Waals surface area contributed by atoms with Gasteiger partial charge in [0.1, 0.15) is 0 Å². The van der Waals surface area contributed by atoms with Crippen molar-refractivity contribution >= 4 is 21.6 Å². The predicted molar refractivity (Wildman–Crippen MR) is 71.7 cm³/mol. The van der Waals surface area contributed by atoms with E-state index >= 15 is 0 Å². The zero-order valence-electron chi connectivity index (χ0n) is 11.1. The highest BCUT2D eigenvalue weighted by Crippen LogP contribution is 2.13. The Labute approximate surface area is 112 Å². The van der Waals surface area contributed by atoms with Crippen LogP contribution in [0.15, 0.2) is 23.4 Å². The monoisotopic (exact) mass is 286 g/mol. The highest BCUT2D eigenvalue weighted by molar-refractivity contribution is 7.89. The lowest BCUT2D eigenvalue weighted by Gasteiger charge is -2.20. The Morgan fingerprint density at radius 2 is 2.05 bits per heavy atom. The number of nitrogens with zero attached hydrogens (tertiary/aromatic N) is 1. The van der Waals surface area contributed by atoms with Crippen LogP contribution in [-0.4, -0.2) is 31.4 Å². The van der Waals surface area contributed by atoms with Gasteiger partial charge in [-0.1, -0.05) is 0 Å². The first-order chi connectivity index (χ1) is 8.62. The molecule has 7 nitrogen and oxygen atoms in total. The highest BCUT2D eigenvalue weighted by atomic mass is 32.2. The molecule has 0 aliphatic heterocycles. The molecular formula is C11H18N4O3S. The maximum atomic E-state index is 11.9. The first-order valence-electron chi connectivity index (χ1n) is 5.63. The topological polar surface area (TPSA) is 114 Å². The number of sulfonamides is 1. The third-order valence-electron chi connectivity index (χ3n) is 1.99. The van der Waals surface area contributed by atoms with E-state index in [1.165, 1.54) is 18.3 Å². The zero-order chi connectivity index (χ0) is 14.7. The van der Waals surface area contributed by atoms with Gasteiger partial charge in [0.05, 0.1) is 12.2 Å². The summed E-state index contributed by atoms with van der Waals surface area (Å²) in [7, 11) is -3.89. The maximum Gasteiger partial charge on any atom is 0.260 e. The molecule has 0 aromatic carbocycles. The first kappa shape index (κ1) is 15.4. The molecule has 1 heterocycles. The van der Waals surface area contributed by atoms with E-state index in [-0.39, 0.29) is 17.3 Å². The first-order valence-corrected chi connectivity index (χ1v) is 7.11. The van der Waals surface area contributed by atoms with Crippen LogP contribution < -0.4 is 15.8 Å². The van der Waals surface area contributed by atoms with Gasteiger partial charge in [-0.25, -0.2) is 18.1 Å². The fourth-order valence-electron chi connectivity index (χ4n) is 1.32. The van der Waals surface area contributed by atoms with Crippen molar-refractivity contribution in [3.8, 4) is 0 Å². The fourth-order valence-corrected chi connectivity index (χ4v) is 2.35. The molecule has 0 atom stereocenters. The average molecular weight is 286 g/mol. The van der Waals surface area contributed by atoms with E-state index in [0.29, 0.717) is 0 Å². The number of pyridine rings is 1. The number of hydrogen-bond acceptors (Lipinski definition) is 5. The summed E-state index contributed by atoms with van der Waals surface area (Å²) in [6.45, 7) is 5.04. The van der Waals surface area contributed by atoms with E-state index in [4.69, 9.17) is 5.73 Å². The largest absolute Gasteiger partial charge is 0.396 e. The summed E-state index contributed by atoms with van der Waals surface area (Å²) in [6, 6.07) is 2.96. The quantitative estimate of drug-likeness (QED) is 0.712. The van der Waals surface area contributed by atoms with Crippen molar-refractivity contribution < 1.29 is 13.2 Å². The molecule has 19 heavy (non-hydrogen) atoms. The maximum absolute atomic E-state index is 11.9. The lowest BCUT2D eigenvalue weighted by atomic mass is 10.1. The van der Waals surface area contributed by atoms with Crippen LogP contribution in [0.25, 0.3) is 0 Å². The van der Waals surface area contributed by atoms with Gasteiger partial charge in [0, 0.05) is 11.7 Å². The minimum Gasteiger partial charge on any atom is -0.396 e. The van der Waals surface area contributed by atoms with Gasteiger partial charge in [-0.15, -0.1) is 0 Å². The van der Waals surface area contributed by atoms with Crippen molar-refractivity contribution in [2.75, 3.05) is 12.3 Å². The molecular weight excluding hydrogens is 268 g/mol. The third-order valence-corrected chi connectivity index (χ3v) is 3.37. The van der Waals surface area contributed by atoms with Crippen LogP contribution in [0.3, 0.4) is 0 Å². The summed E-state index contributed by atoms with van der Waals surface area (Å²) in [5, 5.41) is 2.36. The Kier molecular flexibility index (Phi) is 4.48. The number of carbonyl (C=O) groups excluding carboxylic acids is 1. The number of hydrogen-bond donors (Lipinski definition) is 3. The molecule has 0 spiro atoms. The number of nitrogens with one attached hydrogen (secondary N) is 2. The number of nitrogens with two attached hydrogens (primary N) is 1. The zero-order valence-corrected chi connectivity index (χ0v) is 11.9. The Morgan fingerprint density at radius 3 is 2.58 bits per heavy atom. The number of carbonyl (C=O) groups is 1. The van der Waals surface area contributed by atoms with Crippen LogP contribution in [0, 0.1) is 0 Å². The van der Waals surface area contributed by atoms with Gasteiger partial charge < -0.3 is 11.1 Å². The van der Waals surface area contributed by atoms with Crippen LogP contribution in [0.1, 0.15) is 20.8 Å². The van der Waals surface area contributed by atoms with Crippen LogP contribution in [0.5, 0.6) is 0 Å². The lowest BCUT2D eigenvalue weighted by molar-refractivity contribution is -0.121. The Morgan fingerprint density at radius 1 is 1.42 bits per heavy atom. The summed E-state index contributed by atoms with van der Waals surface area (Å²) in [4.78, 5) is 15.2. The molecule has 1 rings (SSSR count). The third kappa shape index (κ3) is 4.84. The molecule has 106 valence electrons. The second-order valence-electron chi connectivity index (χ2n) is 5.02. The molecule has 8 heteroatoms. The molecule has 0 aliphatic rings. The summed E-state index contributed by atoms with van der Waals surface area (Å²) < 4.78 is 25.9. The molecule has 0 unspecified atom stereocenters. The minimum absolute atomic E-state index is 0.0335. The minimum atomic E-state index is -3.89. The molecule has 1 aromatic heterocycles. The average Bonchev–Trinajstić information content (AvgIpc) is 2.24. The van der Waals surface area contributed by atoms with Gasteiger partial charge in [0.2, 0.25) is 5.91 Å².